The smallest absolute Gasteiger partial charge is 0.324 e. The number of hydrogen-bond acceptors (Lipinski definition) is 5. The molecule has 178 valence electrons. The summed E-state index contributed by atoms with van der Waals surface area (Å²) >= 11 is 11.9. The lowest BCUT2D eigenvalue weighted by Crippen LogP contribution is -2.35. The van der Waals surface area contributed by atoms with E-state index in [1.165, 1.54) is 0 Å². The highest BCUT2D eigenvalue weighted by Crippen LogP contribution is 2.28. The van der Waals surface area contributed by atoms with Crippen LogP contribution in [0.2, 0.25) is 10.0 Å². The van der Waals surface area contributed by atoms with Crippen LogP contribution in [-0.2, 0) is 4.79 Å². The molecule has 0 aliphatic carbocycles. The second-order valence-corrected chi connectivity index (χ2v) is 8.34. The van der Waals surface area contributed by atoms with Crippen molar-refractivity contribution in [2.75, 3.05) is 23.8 Å². The number of rotatable bonds is 9. The molecule has 3 amide bonds. The van der Waals surface area contributed by atoms with Gasteiger partial charge >= 0.3 is 6.03 Å². The quantitative estimate of drug-likeness (QED) is 0.310. The number of ether oxygens (including phenoxy) is 1. The van der Waals surface area contributed by atoms with Gasteiger partial charge in [0.25, 0.3) is 0 Å². The number of carbonyl (C=O) groups is 2. The molecule has 0 saturated heterocycles. The molecule has 2 aromatic carbocycles. The van der Waals surface area contributed by atoms with E-state index in [4.69, 9.17) is 33.7 Å². The van der Waals surface area contributed by atoms with Crippen LogP contribution < -0.4 is 26.4 Å². The lowest BCUT2D eigenvalue weighted by atomic mass is 10.1. The first-order valence-corrected chi connectivity index (χ1v) is 11.3. The number of amides is 3. The summed E-state index contributed by atoms with van der Waals surface area (Å²) in [6.45, 7) is 2.58. The summed E-state index contributed by atoms with van der Waals surface area (Å²) in [6, 6.07) is 14.0. The molecular formula is C24H25Cl2N5O3. The van der Waals surface area contributed by atoms with Gasteiger partial charge in [0, 0.05) is 22.8 Å². The van der Waals surface area contributed by atoms with Crippen LogP contribution in [0.1, 0.15) is 23.6 Å². The van der Waals surface area contributed by atoms with Crippen molar-refractivity contribution < 1.29 is 14.3 Å². The van der Waals surface area contributed by atoms with Gasteiger partial charge in [-0.2, -0.15) is 0 Å². The third-order valence-electron chi connectivity index (χ3n) is 4.73. The Kier molecular flexibility index (Phi) is 9.09. The van der Waals surface area contributed by atoms with Gasteiger partial charge in [0.15, 0.2) is 0 Å². The SMILES string of the molecule is Cc1ccc(NC(=O)Nc2cc(Cl)ccc2OCCCNC(=O)C(N)c2ccc(Cl)cc2)nc1. The Bertz CT molecular complexity index is 1120. The Morgan fingerprint density at radius 1 is 1.03 bits per heavy atom. The number of pyridine rings is 1. The first-order valence-electron chi connectivity index (χ1n) is 10.5. The van der Waals surface area contributed by atoms with Crippen LogP contribution in [0.4, 0.5) is 16.3 Å². The summed E-state index contributed by atoms with van der Waals surface area (Å²) in [4.78, 5) is 28.8. The first-order chi connectivity index (χ1) is 16.3. The Morgan fingerprint density at radius 3 is 2.47 bits per heavy atom. The van der Waals surface area contributed by atoms with E-state index in [1.54, 1.807) is 54.7 Å². The molecule has 1 unspecified atom stereocenters. The number of nitrogens with zero attached hydrogens (tertiary/aromatic N) is 1. The molecule has 0 fully saturated rings. The van der Waals surface area contributed by atoms with Gasteiger partial charge in [-0.05, 0) is 60.9 Å². The molecule has 0 radical (unpaired) electrons. The van der Waals surface area contributed by atoms with Gasteiger partial charge in [0.05, 0.1) is 12.3 Å². The molecule has 0 spiro atoms. The van der Waals surface area contributed by atoms with E-state index in [2.05, 4.69) is 20.9 Å². The summed E-state index contributed by atoms with van der Waals surface area (Å²) in [5.74, 6) is 0.568. The molecule has 0 bridgehead atoms. The molecule has 3 rings (SSSR count). The highest BCUT2D eigenvalue weighted by atomic mass is 35.5. The zero-order valence-corrected chi connectivity index (χ0v) is 20.0. The van der Waals surface area contributed by atoms with Gasteiger partial charge in [0.1, 0.15) is 17.6 Å². The molecule has 5 N–H and O–H groups in total. The van der Waals surface area contributed by atoms with E-state index >= 15 is 0 Å². The van der Waals surface area contributed by atoms with Gasteiger partial charge < -0.3 is 21.1 Å². The summed E-state index contributed by atoms with van der Waals surface area (Å²) in [5, 5.41) is 9.18. The lowest BCUT2D eigenvalue weighted by molar-refractivity contribution is -0.122. The predicted molar refractivity (Wildman–Crippen MR) is 135 cm³/mol. The van der Waals surface area contributed by atoms with E-state index in [1.807, 2.05) is 13.0 Å². The average molecular weight is 502 g/mol. The number of aromatic nitrogens is 1. The van der Waals surface area contributed by atoms with E-state index in [0.717, 1.165) is 5.56 Å². The highest BCUT2D eigenvalue weighted by molar-refractivity contribution is 6.31. The van der Waals surface area contributed by atoms with Crippen molar-refractivity contribution >= 4 is 46.6 Å². The van der Waals surface area contributed by atoms with Gasteiger partial charge in [-0.25, -0.2) is 9.78 Å². The fourth-order valence-corrected chi connectivity index (χ4v) is 3.23. The van der Waals surface area contributed by atoms with Gasteiger partial charge in [0.2, 0.25) is 5.91 Å². The van der Waals surface area contributed by atoms with Gasteiger partial charge in [-0.1, -0.05) is 41.4 Å². The van der Waals surface area contributed by atoms with Crippen LogP contribution in [0.25, 0.3) is 0 Å². The second kappa shape index (κ2) is 12.2. The molecule has 0 saturated carbocycles. The van der Waals surface area contributed by atoms with E-state index < -0.39 is 12.1 Å². The summed E-state index contributed by atoms with van der Waals surface area (Å²) in [5.41, 5.74) is 8.06. The van der Waals surface area contributed by atoms with E-state index in [-0.39, 0.29) is 5.91 Å². The number of urea groups is 1. The topological polar surface area (TPSA) is 118 Å². The van der Waals surface area contributed by atoms with E-state index in [9.17, 15) is 9.59 Å². The molecule has 1 atom stereocenters. The molecule has 34 heavy (non-hydrogen) atoms. The molecule has 0 aliphatic heterocycles. The number of halogens is 2. The maximum Gasteiger partial charge on any atom is 0.324 e. The van der Waals surface area contributed by atoms with Crippen molar-refractivity contribution in [3.05, 3.63) is 82.0 Å². The van der Waals surface area contributed by atoms with E-state index in [0.29, 0.717) is 52.4 Å². The zero-order valence-electron chi connectivity index (χ0n) is 18.5. The van der Waals surface area contributed by atoms with Gasteiger partial charge in [-0.15, -0.1) is 0 Å². The van der Waals surface area contributed by atoms with Crippen LogP contribution >= 0.6 is 23.2 Å². The molecule has 10 heteroatoms. The third kappa shape index (κ3) is 7.62. The standard InChI is InChI=1S/C24H25Cl2N5O3/c1-15-3-10-21(29-14-15)31-24(33)30-19-13-18(26)8-9-20(19)34-12-2-11-28-23(32)22(27)16-4-6-17(25)7-5-16/h3-10,13-14,22H,2,11-12,27H2,1H3,(H,28,32)(H2,29,30,31,33). The maximum absolute atomic E-state index is 12.4. The molecule has 0 aliphatic rings. The molecular weight excluding hydrogens is 477 g/mol. The Hall–Kier alpha value is -3.33. The number of hydrogen-bond donors (Lipinski definition) is 4. The van der Waals surface area contributed by atoms with Crippen molar-refractivity contribution in [2.24, 2.45) is 5.73 Å². The fourth-order valence-electron chi connectivity index (χ4n) is 2.93. The molecule has 3 aromatic rings. The first kappa shape index (κ1) is 25.3. The minimum Gasteiger partial charge on any atom is -0.491 e. The molecule has 1 aromatic heterocycles. The number of aryl methyl sites for hydroxylation is 1. The predicted octanol–water partition coefficient (Wildman–Crippen LogP) is 4.93. The van der Waals surface area contributed by atoms with Crippen LogP contribution in [-0.4, -0.2) is 30.1 Å². The fraction of sp³-hybridized carbons (Fsp3) is 0.208. The van der Waals surface area contributed by atoms with Crippen LogP contribution in [0.15, 0.2) is 60.8 Å². The second-order valence-electron chi connectivity index (χ2n) is 7.46. The minimum atomic E-state index is -0.785. The van der Waals surface area contributed by atoms with Crippen LogP contribution in [0.5, 0.6) is 5.75 Å². The van der Waals surface area contributed by atoms with Crippen molar-refractivity contribution in [1.29, 1.82) is 0 Å². The summed E-state index contributed by atoms with van der Waals surface area (Å²) in [7, 11) is 0. The number of benzene rings is 2. The monoisotopic (exact) mass is 501 g/mol. The van der Waals surface area contributed by atoms with Crippen molar-refractivity contribution in [3.8, 4) is 5.75 Å². The number of anilines is 2. The number of carbonyl (C=O) groups excluding carboxylic acids is 2. The summed E-state index contributed by atoms with van der Waals surface area (Å²) in [6.07, 6.45) is 2.19. The maximum atomic E-state index is 12.4. The van der Waals surface area contributed by atoms with Crippen LogP contribution in [0, 0.1) is 6.92 Å². The summed E-state index contributed by atoms with van der Waals surface area (Å²) < 4.78 is 5.79. The Balaban J connectivity index is 1.47. The average Bonchev–Trinajstić information content (AvgIpc) is 2.81. The molecule has 8 nitrogen and oxygen atoms in total. The van der Waals surface area contributed by atoms with Crippen molar-refractivity contribution in [1.82, 2.24) is 10.3 Å². The highest BCUT2D eigenvalue weighted by Gasteiger charge is 2.15. The minimum absolute atomic E-state index is 0.294. The van der Waals surface area contributed by atoms with Gasteiger partial charge in [-0.3, -0.25) is 10.1 Å². The Labute approximate surface area is 207 Å². The van der Waals surface area contributed by atoms with Crippen molar-refractivity contribution in [2.45, 2.75) is 19.4 Å². The third-order valence-corrected chi connectivity index (χ3v) is 5.22. The number of nitrogens with two attached hydrogens (primary N) is 1. The Morgan fingerprint density at radius 2 is 1.76 bits per heavy atom. The van der Waals surface area contributed by atoms with Crippen LogP contribution in [0.3, 0.4) is 0 Å². The van der Waals surface area contributed by atoms with Crippen molar-refractivity contribution in [3.63, 3.8) is 0 Å². The zero-order chi connectivity index (χ0) is 24.5. The number of nitrogens with one attached hydrogen (secondary N) is 3. The normalized spacial score (nSPS) is 11.4. The largest absolute Gasteiger partial charge is 0.491 e. The lowest BCUT2D eigenvalue weighted by Gasteiger charge is -2.15. The molecule has 1 heterocycles.